The molecule has 1 saturated carbocycles. The van der Waals surface area contributed by atoms with Crippen molar-refractivity contribution in [2.24, 2.45) is 23.7 Å². The number of fused-ring (bicyclic) bond motifs is 4. The standard InChI is InChI=1S/C42H57ClN4O5S/c1-29-13-15-42(50-3,27-45-16-18-46(19-17-45)35-23-51-24-35)37-10-7-33(37)22-47-26-41(14-5-6-31-20-34(43)9-11-36(31)41)28-52-39-12-8-32(21-38(39)47)40(48)44-53(4,49)25-30(29)2/h8-9,11-13,15,20-21,29-30,33,35,37H,4-7,10,14,16-19,22-28H2,1-3H3,(H,44,48,49)/b15-13+/t29-,30+,33-,37+,41-,42+,53?/m0/s1. The van der Waals surface area contributed by atoms with Crippen LogP contribution in [0.15, 0.2) is 48.6 Å². The predicted molar refractivity (Wildman–Crippen MR) is 214 cm³/mol. The number of hydrogen-bond acceptors (Lipinski definition) is 8. The Kier molecular flexibility index (Phi) is 10.4. The summed E-state index contributed by atoms with van der Waals surface area (Å²) in [6.45, 7) is 13.1. The van der Waals surface area contributed by atoms with Gasteiger partial charge in [-0.3, -0.25) is 19.3 Å². The number of aryl methyl sites for hydroxylation is 1. The molecule has 2 aromatic rings. The van der Waals surface area contributed by atoms with E-state index in [0.717, 1.165) is 108 Å². The predicted octanol–water partition coefficient (Wildman–Crippen LogP) is 5.44. The molecule has 7 atom stereocenters. The highest BCUT2D eigenvalue weighted by atomic mass is 35.5. The molecule has 9 nitrogen and oxygen atoms in total. The number of nitrogens with zero attached hydrogens (tertiary/aromatic N) is 3. The highest BCUT2D eigenvalue weighted by Gasteiger charge is 2.50. The second kappa shape index (κ2) is 14.8. The topological polar surface area (TPSA) is 83.6 Å². The molecule has 8 rings (SSSR count). The van der Waals surface area contributed by atoms with Crippen molar-refractivity contribution in [2.45, 2.75) is 63.0 Å². The fraction of sp³-hybridized carbons (Fsp3) is 0.619. The Labute approximate surface area is 321 Å². The molecule has 6 aliphatic rings. The summed E-state index contributed by atoms with van der Waals surface area (Å²) in [5.74, 6) is 5.56. The quantitative estimate of drug-likeness (QED) is 0.326. The molecule has 2 bridgehead atoms. The van der Waals surface area contributed by atoms with Crippen LogP contribution in [0.5, 0.6) is 5.75 Å². The number of hydrogen-bond donors (Lipinski definition) is 1. The summed E-state index contributed by atoms with van der Waals surface area (Å²) >= 11 is 6.52. The first-order chi connectivity index (χ1) is 25.5. The van der Waals surface area contributed by atoms with Gasteiger partial charge >= 0.3 is 0 Å². The van der Waals surface area contributed by atoms with Crippen LogP contribution in [0.25, 0.3) is 0 Å². The molecule has 288 valence electrons. The molecular weight excluding hydrogens is 708 g/mol. The number of piperazine rings is 1. The van der Waals surface area contributed by atoms with Gasteiger partial charge in [0.25, 0.3) is 5.91 Å². The van der Waals surface area contributed by atoms with Crippen LogP contribution in [0, 0.1) is 23.7 Å². The molecule has 1 N–H and O–H groups in total. The van der Waals surface area contributed by atoms with Crippen LogP contribution in [0.2, 0.25) is 5.02 Å². The normalized spacial score (nSPS) is 36.2. The van der Waals surface area contributed by atoms with Gasteiger partial charge in [-0.1, -0.05) is 43.7 Å². The lowest BCUT2D eigenvalue weighted by molar-refractivity contribution is -0.107. The fourth-order valence-corrected chi connectivity index (χ4v) is 11.9. The van der Waals surface area contributed by atoms with Crippen LogP contribution in [-0.2, 0) is 31.0 Å². The van der Waals surface area contributed by atoms with Crippen molar-refractivity contribution >= 4 is 38.8 Å². The van der Waals surface area contributed by atoms with Crippen LogP contribution in [0.4, 0.5) is 5.69 Å². The lowest BCUT2D eigenvalue weighted by atomic mass is 9.63. The number of nitrogens with one attached hydrogen (secondary N) is 1. The number of amides is 1. The van der Waals surface area contributed by atoms with Crippen molar-refractivity contribution < 1.29 is 23.2 Å². The van der Waals surface area contributed by atoms with E-state index in [1.165, 1.54) is 11.1 Å². The van der Waals surface area contributed by atoms with Crippen LogP contribution in [0.3, 0.4) is 0 Å². The Hall–Kier alpha value is -2.60. The molecule has 2 saturated heterocycles. The number of carbonyl (C=O) groups excluding carboxylic acids is 1. The number of benzene rings is 2. The first-order valence-electron chi connectivity index (χ1n) is 19.7. The fourth-order valence-electron chi connectivity index (χ4n) is 9.97. The minimum Gasteiger partial charge on any atom is -0.490 e. The third-order valence-corrected chi connectivity index (χ3v) is 15.4. The van der Waals surface area contributed by atoms with Crippen LogP contribution >= 0.6 is 11.6 Å². The molecule has 1 spiro atoms. The molecule has 11 heteroatoms. The molecule has 0 aromatic heterocycles. The molecule has 1 unspecified atom stereocenters. The summed E-state index contributed by atoms with van der Waals surface area (Å²) in [6.07, 6.45) is 9.92. The van der Waals surface area contributed by atoms with Gasteiger partial charge in [0.15, 0.2) is 0 Å². The highest BCUT2D eigenvalue weighted by Crippen LogP contribution is 2.49. The smallest absolute Gasteiger partial charge is 0.262 e. The van der Waals surface area contributed by atoms with Gasteiger partial charge in [-0.2, -0.15) is 0 Å². The van der Waals surface area contributed by atoms with E-state index in [1.807, 2.05) is 25.3 Å². The summed E-state index contributed by atoms with van der Waals surface area (Å²) in [5.41, 5.74) is 3.30. The lowest BCUT2D eigenvalue weighted by Crippen LogP contribution is -2.61. The van der Waals surface area contributed by atoms with Crippen LogP contribution in [-0.4, -0.2) is 116 Å². The Morgan fingerprint density at radius 3 is 2.62 bits per heavy atom. The molecule has 4 heterocycles. The Morgan fingerprint density at radius 2 is 1.91 bits per heavy atom. The van der Waals surface area contributed by atoms with Crippen molar-refractivity contribution in [3.8, 4) is 5.75 Å². The largest absolute Gasteiger partial charge is 0.490 e. The number of methoxy groups -OCH3 is 1. The van der Waals surface area contributed by atoms with Crippen molar-refractivity contribution in [3.05, 3.63) is 70.3 Å². The number of allylic oxidation sites excluding steroid dienone is 1. The number of rotatable bonds is 4. The molecule has 53 heavy (non-hydrogen) atoms. The third kappa shape index (κ3) is 7.41. The number of halogens is 1. The SMILES string of the molecule is C=S1(=O)C[C@@H](C)[C@@H](C)/C=C/[C@](CN2CCN(C3COC3)CC2)(OC)[C@@H]2CC[C@H]2CN2C[C@@]3(CCCc4cc(Cl)ccc43)COc3ccc(cc32)C(=O)N1. The summed E-state index contributed by atoms with van der Waals surface area (Å²) in [4.78, 5) is 21.4. The maximum absolute atomic E-state index is 13.9. The first-order valence-corrected chi connectivity index (χ1v) is 22.0. The first kappa shape index (κ1) is 37.3. The average molecular weight is 765 g/mol. The summed E-state index contributed by atoms with van der Waals surface area (Å²) in [5, 5.41) is 0.768. The van der Waals surface area contributed by atoms with E-state index < -0.39 is 15.3 Å². The van der Waals surface area contributed by atoms with Gasteiger partial charge in [-0.25, -0.2) is 4.21 Å². The van der Waals surface area contributed by atoms with Gasteiger partial charge in [-0.05, 0) is 103 Å². The van der Waals surface area contributed by atoms with Crippen molar-refractivity contribution in [3.63, 3.8) is 0 Å². The maximum atomic E-state index is 13.9. The van der Waals surface area contributed by atoms with Gasteiger partial charge in [-0.15, -0.1) is 0 Å². The summed E-state index contributed by atoms with van der Waals surface area (Å²) in [6, 6.07) is 12.6. The Bertz CT molecular complexity index is 1830. The molecule has 2 aromatic carbocycles. The lowest BCUT2D eigenvalue weighted by Gasteiger charge is -2.52. The Morgan fingerprint density at radius 1 is 1.09 bits per heavy atom. The second-order valence-corrected chi connectivity index (χ2v) is 19.6. The van der Waals surface area contributed by atoms with Crippen molar-refractivity contribution in [2.75, 3.05) is 83.4 Å². The average Bonchev–Trinajstić information content (AvgIpc) is 3.24. The van der Waals surface area contributed by atoms with Gasteiger partial charge in [0.05, 0.1) is 31.5 Å². The highest BCUT2D eigenvalue weighted by molar-refractivity contribution is 7.99. The van der Waals surface area contributed by atoms with Gasteiger partial charge in [0.2, 0.25) is 0 Å². The molecule has 1 amide bonds. The number of anilines is 1. The molecule has 2 aliphatic carbocycles. The van der Waals surface area contributed by atoms with Crippen LogP contribution < -0.4 is 14.4 Å². The number of ether oxygens (including phenoxy) is 3. The molecule has 4 aliphatic heterocycles. The Balaban J connectivity index is 1.17. The van der Waals surface area contributed by atoms with E-state index in [2.05, 4.69) is 63.4 Å². The molecular formula is C42H57ClN4O5S. The maximum Gasteiger partial charge on any atom is 0.262 e. The van der Waals surface area contributed by atoms with Crippen molar-refractivity contribution in [1.82, 2.24) is 14.5 Å². The number of carbonyl (C=O) groups is 1. The zero-order valence-electron chi connectivity index (χ0n) is 31.7. The van der Waals surface area contributed by atoms with E-state index >= 15 is 0 Å². The van der Waals surface area contributed by atoms with Crippen molar-refractivity contribution in [1.29, 1.82) is 0 Å². The minimum absolute atomic E-state index is 0.0322. The zero-order valence-corrected chi connectivity index (χ0v) is 33.3. The van der Waals surface area contributed by atoms with Gasteiger partial charge in [0.1, 0.15) is 11.4 Å². The second-order valence-electron chi connectivity index (χ2n) is 17.0. The molecule has 3 fully saturated rings. The van der Waals surface area contributed by atoms with E-state index in [9.17, 15) is 9.00 Å². The summed E-state index contributed by atoms with van der Waals surface area (Å²) < 4.78 is 35.7. The van der Waals surface area contributed by atoms with E-state index in [4.69, 9.17) is 25.8 Å². The minimum atomic E-state index is -2.91. The van der Waals surface area contributed by atoms with Crippen LogP contribution in [0.1, 0.15) is 61.0 Å². The third-order valence-electron chi connectivity index (χ3n) is 13.6. The monoisotopic (exact) mass is 764 g/mol. The summed E-state index contributed by atoms with van der Waals surface area (Å²) in [7, 11) is -1.01. The van der Waals surface area contributed by atoms with Gasteiger partial charge in [0, 0.05) is 84.4 Å². The van der Waals surface area contributed by atoms with E-state index in [0.29, 0.717) is 30.0 Å². The van der Waals surface area contributed by atoms with E-state index in [-0.39, 0.29) is 28.9 Å². The van der Waals surface area contributed by atoms with E-state index in [1.54, 1.807) is 6.07 Å². The van der Waals surface area contributed by atoms with Gasteiger partial charge < -0.3 is 19.1 Å². The molecule has 0 radical (unpaired) electrons. The zero-order chi connectivity index (χ0) is 37.0.